The number of aryl methyl sites for hydroxylation is 1. The van der Waals surface area contributed by atoms with Gasteiger partial charge < -0.3 is 21.3 Å². The van der Waals surface area contributed by atoms with Crippen LogP contribution in [0.1, 0.15) is 37.8 Å². The first-order valence-electron chi connectivity index (χ1n) is 8.94. The Bertz CT molecular complexity index is 535. The fourth-order valence-electron chi connectivity index (χ4n) is 2.40. The van der Waals surface area contributed by atoms with Crippen LogP contribution in [-0.2, 0) is 11.3 Å². The summed E-state index contributed by atoms with van der Waals surface area (Å²) < 4.78 is 0. The third-order valence-electron chi connectivity index (χ3n) is 3.81. The second-order valence-electron chi connectivity index (χ2n) is 6.74. The molecule has 1 atom stereocenters. The van der Waals surface area contributed by atoms with Crippen molar-refractivity contribution in [3.05, 3.63) is 35.4 Å². The van der Waals surface area contributed by atoms with E-state index in [1.165, 1.54) is 5.56 Å². The third-order valence-corrected chi connectivity index (χ3v) is 3.81. The number of carbonyl (C=O) groups is 2. The summed E-state index contributed by atoms with van der Waals surface area (Å²) in [7, 11) is 1.88. The molecule has 0 spiro atoms. The Labute approximate surface area is 163 Å². The van der Waals surface area contributed by atoms with Crippen molar-refractivity contribution in [3.8, 4) is 0 Å². The van der Waals surface area contributed by atoms with E-state index in [1.807, 2.05) is 52.1 Å². The molecule has 1 rings (SSSR count). The summed E-state index contributed by atoms with van der Waals surface area (Å²) in [6.07, 6.45) is 1.46. The molecule has 148 valence electrons. The van der Waals surface area contributed by atoms with Crippen LogP contribution in [0, 0.1) is 12.8 Å². The molecular formula is C19H33ClN4O2. The van der Waals surface area contributed by atoms with E-state index in [1.54, 1.807) is 0 Å². The number of hydrogen-bond acceptors (Lipinski definition) is 3. The molecular weight excluding hydrogens is 352 g/mol. The van der Waals surface area contributed by atoms with Crippen molar-refractivity contribution in [2.75, 3.05) is 20.1 Å². The maximum atomic E-state index is 12.3. The molecule has 1 aromatic rings. The zero-order chi connectivity index (χ0) is 18.7. The number of nitrogens with one attached hydrogen (secondary N) is 4. The van der Waals surface area contributed by atoms with Crippen molar-refractivity contribution in [1.82, 2.24) is 21.3 Å². The summed E-state index contributed by atoms with van der Waals surface area (Å²) in [4.78, 5) is 24.5. The summed E-state index contributed by atoms with van der Waals surface area (Å²) in [5.41, 5.74) is 2.21. The molecule has 7 heteroatoms. The highest BCUT2D eigenvalue weighted by Gasteiger charge is 2.21. The average molecular weight is 385 g/mol. The predicted molar refractivity (Wildman–Crippen MR) is 109 cm³/mol. The second-order valence-corrected chi connectivity index (χ2v) is 6.74. The number of urea groups is 1. The summed E-state index contributed by atoms with van der Waals surface area (Å²) in [6, 6.07) is 7.14. The average Bonchev–Trinajstić information content (AvgIpc) is 2.57. The molecule has 0 radical (unpaired) electrons. The van der Waals surface area contributed by atoms with Gasteiger partial charge in [-0.3, -0.25) is 4.79 Å². The summed E-state index contributed by atoms with van der Waals surface area (Å²) in [5.74, 6) is 0.181. The van der Waals surface area contributed by atoms with E-state index in [4.69, 9.17) is 0 Å². The van der Waals surface area contributed by atoms with E-state index < -0.39 is 6.04 Å². The van der Waals surface area contributed by atoms with E-state index in [2.05, 4.69) is 21.3 Å². The van der Waals surface area contributed by atoms with E-state index >= 15 is 0 Å². The van der Waals surface area contributed by atoms with Crippen LogP contribution >= 0.6 is 12.4 Å². The van der Waals surface area contributed by atoms with Crippen molar-refractivity contribution in [3.63, 3.8) is 0 Å². The molecule has 0 aromatic heterocycles. The van der Waals surface area contributed by atoms with E-state index in [0.717, 1.165) is 18.5 Å². The summed E-state index contributed by atoms with van der Waals surface area (Å²) in [6.45, 7) is 7.97. The first-order valence-corrected chi connectivity index (χ1v) is 8.94. The summed E-state index contributed by atoms with van der Waals surface area (Å²) >= 11 is 0. The minimum Gasteiger partial charge on any atom is -0.354 e. The zero-order valence-corrected chi connectivity index (χ0v) is 17.0. The monoisotopic (exact) mass is 384 g/mol. The van der Waals surface area contributed by atoms with Crippen LogP contribution in [0.4, 0.5) is 4.79 Å². The Kier molecular flexibility index (Phi) is 12.5. The van der Waals surface area contributed by atoms with Gasteiger partial charge in [0.25, 0.3) is 0 Å². The Morgan fingerprint density at radius 3 is 2.27 bits per heavy atom. The third kappa shape index (κ3) is 10.3. The number of carbonyl (C=O) groups excluding carboxylic acids is 2. The van der Waals surface area contributed by atoms with Crippen LogP contribution in [0.5, 0.6) is 0 Å². The molecule has 26 heavy (non-hydrogen) atoms. The molecule has 0 saturated carbocycles. The van der Waals surface area contributed by atoms with Gasteiger partial charge in [0.1, 0.15) is 6.04 Å². The lowest BCUT2D eigenvalue weighted by atomic mass is 10.0. The van der Waals surface area contributed by atoms with Gasteiger partial charge in [0.2, 0.25) is 5.91 Å². The predicted octanol–water partition coefficient (Wildman–Crippen LogP) is 2.36. The van der Waals surface area contributed by atoms with Crippen LogP contribution in [-0.4, -0.2) is 38.1 Å². The molecule has 0 bridgehead atoms. The fraction of sp³-hybridized carbons (Fsp3) is 0.579. The molecule has 0 heterocycles. The van der Waals surface area contributed by atoms with Gasteiger partial charge in [-0.1, -0.05) is 43.7 Å². The molecule has 0 aliphatic carbocycles. The topological polar surface area (TPSA) is 82.3 Å². The molecule has 0 saturated heterocycles. The normalized spacial score (nSPS) is 11.4. The number of rotatable bonds is 10. The molecule has 0 fully saturated rings. The number of benzene rings is 1. The Hall–Kier alpha value is -1.79. The first-order chi connectivity index (χ1) is 11.9. The second kappa shape index (κ2) is 13.4. The molecule has 0 aliphatic rings. The van der Waals surface area contributed by atoms with Crippen LogP contribution in [0.3, 0.4) is 0 Å². The van der Waals surface area contributed by atoms with Gasteiger partial charge in [-0.05, 0) is 44.8 Å². The fourth-order valence-corrected chi connectivity index (χ4v) is 2.40. The number of amides is 3. The van der Waals surface area contributed by atoms with Crippen molar-refractivity contribution >= 4 is 24.3 Å². The van der Waals surface area contributed by atoms with Gasteiger partial charge in [0, 0.05) is 13.1 Å². The van der Waals surface area contributed by atoms with Gasteiger partial charge in [-0.2, -0.15) is 0 Å². The Morgan fingerprint density at radius 1 is 1.04 bits per heavy atom. The molecule has 1 unspecified atom stereocenters. The minimum absolute atomic E-state index is 0. The molecule has 1 aromatic carbocycles. The van der Waals surface area contributed by atoms with Crippen LogP contribution in [0.2, 0.25) is 0 Å². The van der Waals surface area contributed by atoms with Crippen molar-refractivity contribution in [2.24, 2.45) is 5.92 Å². The molecule has 3 amide bonds. The molecule has 4 N–H and O–H groups in total. The van der Waals surface area contributed by atoms with Crippen LogP contribution in [0.25, 0.3) is 0 Å². The maximum absolute atomic E-state index is 12.3. The van der Waals surface area contributed by atoms with Gasteiger partial charge in [-0.15, -0.1) is 12.4 Å². The molecule has 0 aliphatic heterocycles. The minimum atomic E-state index is -0.521. The zero-order valence-electron chi connectivity index (χ0n) is 16.2. The number of halogens is 1. The SMILES string of the molecule is CNCCCNC(=O)C(CC(C)C)NC(=O)NCc1ccc(C)cc1.Cl. The first kappa shape index (κ1) is 24.2. The highest BCUT2D eigenvalue weighted by atomic mass is 35.5. The van der Waals surface area contributed by atoms with Crippen molar-refractivity contribution in [1.29, 1.82) is 0 Å². The van der Waals surface area contributed by atoms with Gasteiger partial charge in [0.15, 0.2) is 0 Å². The van der Waals surface area contributed by atoms with Crippen LogP contribution in [0.15, 0.2) is 24.3 Å². The lowest BCUT2D eigenvalue weighted by Gasteiger charge is -2.20. The Morgan fingerprint density at radius 2 is 1.69 bits per heavy atom. The standard InChI is InChI=1S/C19H32N4O2.ClH/c1-14(2)12-17(18(24)21-11-5-10-20-4)23-19(25)22-13-16-8-6-15(3)7-9-16;/h6-9,14,17,20H,5,10-13H2,1-4H3,(H,21,24)(H2,22,23,25);1H. The number of hydrogen-bond donors (Lipinski definition) is 4. The summed E-state index contributed by atoms with van der Waals surface area (Å²) in [5, 5.41) is 11.5. The largest absolute Gasteiger partial charge is 0.354 e. The Balaban J connectivity index is 0.00000625. The van der Waals surface area contributed by atoms with E-state index in [-0.39, 0.29) is 24.3 Å². The van der Waals surface area contributed by atoms with Crippen LogP contribution < -0.4 is 21.3 Å². The molecule has 6 nitrogen and oxygen atoms in total. The lowest BCUT2D eigenvalue weighted by molar-refractivity contribution is -0.123. The van der Waals surface area contributed by atoms with Gasteiger partial charge in [-0.25, -0.2) is 4.79 Å². The quantitative estimate of drug-likeness (QED) is 0.467. The van der Waals surface area contributed by atoms with E-state index in [0.29, 0.717) is 25.4 Å². The van der Waals surface area contributed by atoms with E-state index in [9.17, 15) is 9.59 Å². The highest BCUT2D eigenvalue weighted by molar-refractivity contribution is 5.87. The van der Waals surface area contributed by atoms with Crippen molar-refractivity contribution in [2.45, 2.75) is 46.2 Å². The smallest absolute Gasteiger partial charge is 0.315 e. The van der Waals surface area contributed by atoms with Crippen molar-refractivity contribution < 1.29 is 9.59 Å². The maximum Gasteiger partial charge on any atom is 0.315 e. The van der Waals surface area contributed by atoms with Gasteiger partial charge >= 0.3 is 6.03 Å². The van der Waals surface area contributed by atoms with Gasteiger partial charge in [0.05, 0.1) is 0 Å². The lowest BCUT2D eigenvalue weighted by Crippen LogP contribution is -2.50. The highest BCUT2D eigenvalue weighted by Crippen LogP contribution is 2.06.